The van der Waals surface area contributed by atoms with Crippen LogP contribution in [0.2, 0.25) is 15.1 Å². The van der Waals surface area contributed by atoms with E-state index in [1.54, 1.807) is 18.2 Å². The number of phenolic OH excluding ortho intramolecular Hbond substituents is 2. The summed E-state index contributed by atoms with van der Waals surface area (Å²) in [7, 11) is 1.52. The molecule has 2 rings (SSSR count). The molecule has 0 bridgehead atoms. The van der Waals surface area contributed by atoms with Crippen molar-refractivity contribution in [2.45, 2.75) is 0 Å². The van der Waals surface area contributed by atoms with Crippen molar-refractivity contribution in [3.63, 3.8) is 0 Å². The van der Waals surface area contributed by atoms with Crippen LogP contribution in [0.25, 0.3) is 0 Å². The van der Waals surface area contributed by atoms with Gasteiger partial charge in [0.1, 0.15) is 16.5 Å². The number of benzene rings is 2. The van der Waals surface area contributed by atoms with Gasteiger partial charge in [-0.15, -0.1) is 0 Å². The summed E-state index contributed by atoms with van der Waals surface area (Å²) in [4.78, 5) is 0. The molecule has 8 heteroatoms. The molecule has 0 fully saturated rings. The van der Waals surface area contributed by atoms with E-state index in [0.717, 1.165) is 0 Å². The predicted octanol–water partition coefficient (Wildman–Crippen LogP) is 4.51. The minimum absolute atomic E-state index is 0.0109. The third kappa shape index (κ3) is 3.50. The van der Waals surface area contributed by atoms with Gasteiger partial charge in [0.25, 0.3) is 0 Å². The van der Waals surface area contributed by atoms with E-state index in [0.29, 0.717) is 16.5 Å². The third-order valence-corrected chi connectivity index (χ3v) is 3.69. The lowest BCUT2D eigenvalue weighted by Gasteiger charge is -2.07. The van der Waals surface area contributed by atoms with Crippen molar-refractivity contribution in [3.8, 4) is 17.2 Å². The third-order valence-electron chi connectivity index (χ3n) is 2.75. The number of rotatable bonds is 4. The molecule has 0 atom stereocenters. The van der Waals surface area contributed by atoms with E-state index in [2.05, 4.69) is 10.5 Å². The molecule has 0 aliphatic rings. The van der Waals surface area contributed by atoms with Gasteiger partial charge in [-0.3, -0.25) is 5.43 Å². The molecule has 2 aromatic carbocycles. The number of nitrogens with zero attached hydrogens (tertiary/aromatic N) is 1. The molecule has 22 heavy (non-hydrogen) atoms. The Balaban J connectivity index is 2.18. The van der Waals surface area contributed by atoms with Crippen molar-refractivity contribution >= 4 is 46.7 Å². The van der Waals surface area contributed by atoms with Gasteiger partial charge >= 0.3 is 0 Å². The molecule has 0 saturated carbocycles. The highest BCUT2D eigenvalue weighted by Gasteiger charge is 2.13. The topological polar surface area (TPSA) is 74.1 Å². The Morgan fingerprint density at radius 2 is 1.82 bits per heavy atom. The van der Waals surface area contributed by atoms with Crippen LogP contribution in [0, 0.1) is 0 Å². The highest BCUT2D eigenvalue weighted by atomic mass is 35.5. The lowest BCUT2D eigenvalue weighted by molar-refractivity contribution is 0.415. The van der Waals surface area contributed by atoms with Crippen molar-refractivity contribution in [2.24, 2.45) is 5.10 Å². The molecule has 0 heterocycles. The summed E-state index contributed by atoms with van der Waals surface area (Å²) in [5.74, 6) is -0.152. The lowest BCUT2D eigenvalue weighted by atomic mass is 10.2. The second-order valence-electron chi connectivity index (χ2n) is 4.18. The first-order chi connectivity index (χ1) is 10.4. The van der Waals surface area contributed by atoms with Gasteiger partial charge in [0.2, 0.25) is 0 Å². The molecule has 116 valence electrons. The van der Waals surface area contributed by atoms with Crippen molar-refractivity contribution in [1.29, 1.82) is 0 Å². The van der Waals surface area contributed by atoms with Crippen molar-refractivity contribution < 1.29 is 14.9 Å². The van der Waals surface area contributed by atoms with Gasteiger partial charge in [-0.05, 0) is 24.3 Å². The van der Waals surface area contributed by atoms with Crippen molar-refractivity contribution in [2.75, 3.05) is 12.5 Å². The lowest BCUT2D eigenvalue weighted by Crippen LogP contribution is -1.93. The van der Waals surface area contributed by atoms with Crippen molar-refractivity contribution in [3.05, 3.63) is 44.9 Å². The summed E-state index contributed by atoms with van der Waals surface area (Å²) in [5.41, 5.74) is 3.61. The van der Waals surface area contributed by atoms with Crippen LogP contribution in [-0.2, 0) is 0 Å². The van der Waals surface area contributed by atoms with Crippen LogP contribution >= 0.6 is 34.8 Å². The second-order valence-corrected chi connectivity index (χ2v) is 5.37. The SMILES string of the molecule is COc1ccc(N/N=C/c2cc(Cl)c(O)c(Cl)c2O)cc1Cl. The average Bonchev–Trinajstić information content (AvgIpc) is 2.50. The maximum Gasteiger partial charge on any atom is 0.156 e. The molecular weight excluding hydrogens is 351 g/mol. The smallest absolute Gasteiger partial charge is 0.156 e. The number of aromatic hydroxyl groups is 2. The van der Waals surface area contributed by atoms with Crippen molar-refractivity contribution in [1.82, 2.24) is 0 Å². The Labute approximate surface area is 141 Å². The average molecular weight is 362 g/mol. The highest BCUT2D eigenvalue weighted by molar-refractivity contribution is 6.38. The fourth-order valence-electron chi connectivity index (χ4n) is 1.63. The van der Waals surface area contributed by atoms with Crippen LogP contribution in [0.5, 0.6) is 17.2 Å². The fourth-order valence-corrected chi connectivity index (χ4v) is 2.36. The highest BCUT2D eigenvalue weighted by Crippen LogP contribution is 2.40. The second kappa shape index (κ2) is 6.96. The standard InChI is InChI=1S/C14H11Cl3N2O3/c1-22-11-3-2-8(5-9(11)15)19-18-6-7-4-10(16)14(21)12(17)13(7)20/h2-6,19-21H,1H3/b18-6+. The molecule has 0 aliphatic carbocycles. The van der Waals surface area contributed by atoms with E-state index < -0.39 is 0 Å². The number of phenols is 2. The Kier molecular flexibility index (Phi) is 5.24. The Bertz CT molecular complexity index is 736. The maximum atomic E-state index is 9.81. The van der Waals surface area contributed by atoms with E-state index in [1.807, 2.05) is 0 Å². The van der Waals surface area contributed by atoms with Crippen LogP contribution in [0.4, 0.5) is 5.69 Å². The zero-order valence-electron chi connectivity index (χ0n) is 11.3. The van der Waals surface area contributed by atoms with Crippen LogP contribution in [0.15, 0.2) is 29.4 Å². The molecule has 3 N–H and O–H groups in total. The Morgan fingerprint density at radius 3 is 2.45 bits per heavy atom. The fraction of sp³-hybridized carbons (Fsp3) is 0.0714. The quantitative estimate of drug-likeness (QED) is 0.553. The number of anilines is 1. The number of nitrogens with one attached hydrogen (secondary N) is 1. The summed E-state index contributed by atoms with van der Waals surface area (Å²) < 4.78 is 5.04. The molecule has 0 spiro atoms. The number of methoxy groups -OCH3 is 1. The molecule has 0 amide bonds. The molecule has 0 aliphatic heterocycles. The normalized spacial score (nSPS) is 10.9. The van der Waals surface area contributed by atoms with Gasteiger partial charge in [0.05, 0.1) is 29.1 Å². The number of halogens is 3. The van der Waals surface area contributed by atoms with E-state index in [4.69, 9.17) is 39.5 Å². The minimum Gasteiger partial charge on any atom is -0.506 e. The van der Waals surface area contributed by atoms with E-state index in [9.17, 15) is 10.2 Å². The number of hydrogen-bond acceptors (Lipinski definition) is 5. The number of hydrogen-bond donors (Lipinski definition) is 3. The summed E-state index contributed by atoms with van der Waals surface area (Å²) in [6.07, 6.45) is 1.31. The molecular formula is C14H11Cl3N2O3. The van der Waals surface area contributed by atoms with Gasteiger partial charge in [-0.25, -0.2) is 0 Å². The molecule has 0 unspecified atom stereocenters. The van der Waals surface area contributed by atoms with Gasteiger partial charge in [-0.1, -0.05) is 34.8 Å². The Morgan fingerprint density at radius 1 is 1.09 bits per heavy atom. The summed E-state index contributed by atoms with van der Waals surface area (Å²) in [6.45, 7) is 0. The molecule has 0 saturated heterocycles. The van der Waals surface area contributed by atoms with Crippen LogP contribution < -0.4 is 10.2 Å². The van der Waals surface area contributed by atoms with Crippen LogP contribution in [-0.4, -0.2) is 23.5 Å². The molecule has 5 nitrogen and oxygen atoms in total. The van der Waals surface area contributed by atoms with Gasteiger partial charge in [0, 0.05) is 5.56 Å². The zero-order chi connectivity index (χ0) is 16.3. The molecule has 0 radical (unpaired) electrons. The Hall–Kier alpha value is -1.82. The van der Waals surface area contributed by atoms with Gasteiger partial charge in [-0.2, -0.15) is 5.10 Å². The first-order valence-electron chi connectivity index (χ1n) is 5.96. The molecule has 0 aromatic heterocycles. The number of ether oxygens (including phenoxy) is 1. The van der Waals surface area contributed by atoms with Crippen LogP contribution in [0.3, 0.4) is 0 Å². The summed E-state index contributed by atoms with van der Waals surface area (Å²) in [6, 6.07) is 6.38. The predicted molar refractivity (Wildman–Crippen MR) is 89.0 cm³/mol. The zero-order valence-corrected chi connectivity index (χ0v) is 13.5. The van der Waals surface area contributed by atoms with Gasteiger partial charge in [0.15, 0.2) is 5.75 Å². The first-order valence-corrected chi connectivity index (χ1v) is 7.10. The monoisotopic (exact) mass is 360 g/mol. The summed E-state index contributed by atoms with van der Waals surface area (Å²) in [5, 5.41) is 23.4. The minimum atomic E-state index is -0.382. The molecule has 2 aromatic rings. The van der Waals surface area contributed by atoms with E-state index >= 15 is 0 Å². The maximum absolute atomic E-state index is 9.81. The number of hydrazone groups is 1. The first kappa shape index (κ1) is 16.5. The summed E-state index contributed by atoms with van der Waals surface area (Å²) >= 11 is 17.5. The van der Waals surface area contributed by atoms with E-state index in [1.165, 1.54) is 19.4 Å². The van der Waals surface area contributed by atoms with Crippen LogP contribution in [0.1, 0.15) is 5.56 Å². The largest absolute Gasteiger partial charge is 0.506 e. The van der Waals surface area contributed by atoms with E-state index in [-0.39, 0.29) is 27.1 Å². The van der Waals surface area contributed by atoms with Gasteiger partial charge < -0.3 is 14.9 Å².